The number of rotatable bonds is 1. The second-order valence-corrected chi connectivity index (χ2v) is 2.96. The van der Waals surface area contributed by atoms with Crippen molar-refractivity contribution in [3.63, 3.8) is 0 Å². The summed E-state index contributed by atoms with van der Waals surface area (Å²) >= 11 is 0. The summed E-state index contributed by atoms with van der Waals surface area (Å²) in [5.74, 6) is -1.36. The molecule has 0 radical (unpaired) electrons. The standard InChI is InChI=1S/C8H4F3N3O2/c9-8(10,11)4-2-13-6-5(14-4)3(1-12-6)7(15)16/h1-2H,(H,12,13)(H,15,16). The van der Waals surface area contributed by atoms with E-state index in [4.69, 9.17) is 5.11 Å². The fraction of sp³-hybridized carbons (Fsp3) is 0.125. The van der Waals surface area contributed by atoms with E-state index in [-0.39, 0.29) is 16.7 Å². The number of carboxylic acid groups (broad SMARTS) is 1. The van der Waals surface area contributed by atoms with E-state index in [1.807, 2.05) is 0 Å². The van der Waals surface area contributed by atoms with Crippen molar-refractivity contribution in [2.24, 2.45) is 0 Å². The van der Waals surface area contributed by atoms with E-state index in [1.165, 1.54) is 0 Å². The van der Waals surface area contributed by atoms with E-state index >= 15 is 0 Å². The zero-order valence-corrected chi connectivity index (χ0v) is 7.54. The normalized spacial score (nSPS) is 11.9. The predicted molar refractivity (Wildman–Crippen MR) is 45.8 cm³/mol. The molecule has 84 valence electrons. The zero-order chi connectivity index (χ0) is 11.9. The van der Waals surface area contributed by atoms with Crippen LogP contribution in [0.3, 0.4) is 0 Å². The van der Waals surface area contributed by atoms with Crippen molar-refractivity contribution in [1.82, 2.24) is 15.0 Å². The number of hydrogen-bond acceptors (Lipinski definition) is 3. The second-order valence-electron chi connectivity index (χ2n) is 2.96. The first-order valence-corrected chi connectivity index (χ1v) is 4.04. The smallest absolute Gasteiger partial charge is 0.434 e. The van der Waals surface area contributed by atoms with Gasteiger partial charge in [0.15, 0.2) is 11.3 Å². The summed E-state index contributed by atoms with van der Waals surface area (Å²) in [6.45, 7) is 0. The number of nitrogens with zero attached hydrogens (tertiary/aromatic N) is 2. The molecule has 0 spiro atoms. The number of hydrogen-bond donors (Lipinski definition) is 2. The third-order valence-corrected chi connectivity index (χ3v) is 1.90. The van der Waals surface area contributed by atoms with Gasteiger partial charge in [-0.2, -0.15) is 13.2 Å². The van der Waals surface area contributed by atoms with Gasteiger partial charge in [-0.3, -0.25) is 0 Å². The van der Waals surface area contributed by atoms with Crippen LogP contribution >= 0.6 is 0 Å². The molecule has 2 rings (SSSR count). The van der Waals surface area contributed by atoms with Crippen molar-refractivity contribution in [3.8, 4) is 0 Å². The van der Waals surface area contributed by atoms with Gasteiger partial charge in [0, 0.05) is 6.20 Å². The predicted octanol–water partition coefficient (Wildman–Crippen LogP) is 1.67. The molecule has 0 aliphatic heterocycles. The van der Waals surface area contributed by atoms with E-state index < -0.39 is 17.8 Å². The Morgan fingerprint density at radius 1 is 1.44 bits per heavy atom. The summed E-state index contributed by atoms with van der Waals surface area (Å²) in [6.07, 6.45) is -3.05. The Balaban J connectivity index is 2.68. The SMILES string of the molecule is O=C(O)c1c[nH]c2ncc(C(F)(F)F)nc12. The van der Waals surface area contributed by atoms with Gasteiger partial charge in [-0.05, 0) is 0 Å². The van der Waals surface area contributed by atoms with Crippen LogP contribution in [0.5, 0.6) is 0 Å². The molecule has 0 fully saturated rings. The lowest BCUT2D eigenvalue weighted by Crippen LogP contribution is -2.09. The van der Waals surface area contributed by atoms with E-state index in [0.717, 1.165) is 6.20 Å². The molecule has 0 saturated carbocycles. The van der Waals surface area contributed by atoms with Crippen LogP contribution in [0.25, 0.3) is 11.2 Å². The molecule has 2 heterocycles. The summed E-state index contributed by atoms with van der Waals surface area (Å²) in [5, 5.41) is 8.70. The second kappa shape index (κ2) is 3.19. The molecule has 0 aliphatic rings. The molecule has 5 nitrogen and oxygen atoms in total. The zero-order valence-electron chi connectivity index (χ0n) is 7.54. The van der Waals surface area contributed by atoms with Crippen LogP contribution in [0.1, 0.15) is 16.1 Å². The molecular formula is C8H4F3N3O2. The average molecular weight is 231 g/mol. The minimum absolute atomic E-state index is 0.00500. The van der Waals surface area contributed by atoms with Gasteiger partial charge >= 0.3 is 12.1 Å². The van der Waals surface area contributed by atoms with Gasteiger partial charge in [0.25, 0.3) is 0 Å². The van der Waals surface area contributed by atoms with Gasteiger partial charge in [-0.1, -0.05) is 0 Å². The highest BCUT2D eigenvalue weighted by Crippen LogP contribution is 2.28. The lowest BCUT2D eigenvalue weighted by atomic mass is 10.3. The van der Waals surface area contributed by atoms with Gasteiger partial charge in [0.2, 0.25) is 0 Å². The first-order chi connectivity index (χ1) is 7.39. The number of halogens is 3. The average Bonchev–Trinajstić information content (AvgIpc) is 2.58. The van der Waals surface area contributed by atoms with Gasteiger partial charge in [-0.15, -0.1) is 0 Å². The maximum absolute atomic E-state index is 12.3. The molecule has 0 amide bonds. The van der Waals surface area contributed by atoms with E-state index in [1.54, 1.807) is 0 Å². The van der Waals surface area contributed by atoms with Crippen LogP contribution in [-0.4, -0.2) is 26.0 Å². The van der Waals surface area contributed by atoms with Crippen molar-refractivity contribution in [1.29, 1.82) is 0 Å². The maximum atomic E-state index is 12.3. The molecule has 2 aromatic heterocycles. The first-order valence-electron chi connectivity index (χ1n) is 4.04. The van der Waals surface area contributed by atoms with Crippen LogP contribution in [0.15, 0.2) is 12.4 Å². The van der Waals surface area contributed by atoms with Crippen LogP contribution in [-0.2, 0) is 6.18 Å². The van der Waals surface area contributed by atoms with Gasteiger partial charge in [0.05, 0.1) is 6.20 Å². The number of nitrogens with one attached hydrogen (secondary N) is 1. The van der Waals surface area contributed by atoms with Crippen LogP contribution in [0.2, 0.25) is 0 Å². The minimum Gasteiger partial charge on any atom is -0.478 e. The van der Waals surface area contributed by atoms with Gasteiger partial charge < -0.3 is 10.1 Å². The molecule has 8 heteroatoms. The topological polar surface area (TPSA) is 78.9 Å². The largest absolute Gasteiger partial charge is 0.478 e. The monoisotopic (exact) mass is 231 g/mol. The number of H-pyrrole nitrogens is 1. The summed E-state index contributed by atoms with van der Waals surface area (Å²) in [5.41, 5.74) is -1.86. The fourth-order valence-corrected chi connectivity index (χ4v) is 1.19. The number of aromatic carboxylic acids is 1. The number of aromatic amines is 1. The number of carboxylic acids is 1. The Morgan fingerprint density at radius 3 is 2.69 bits per heavy atom. The van der Waals surface area contributed by atoms with Crippen molar-refractivity contribution in [3.05, 3.63) is 23.7 Å². The molecule has 0 aromatic carbocycles. The molecule has 2 N–H and O–H groups in total. The first kappa shape index (κ1) is 10.4. The third-order valence-electron chi connectivity index (χ3n) is 1.90. The van der Waals surface area contributed by atoms with E-state index in [2.05, 4.69) is 15.0 Å². The van der Waals surface area contributed by atoms with Crippen molar-refractivity contribution >= 4 is 17.1 Å². The maximum Gasteiger partial charge on any atom is 0.434 e. The molecule has 0 bridgehead atoms. The Hall–Kier alpha value is -2.12. The highest BCUT2D eigenvalue weighted by atomic mass is 19.4. The quantitative estimate of drug-likeness (QED) is 0.782. The molecule has 16 heavy (non-hydrogen) atoms. The molecule has 2 aromatic rings. The van der Waals surface area contributed by atoms with E-state index in [9.17, 15) is 18.0 Å². The summed E-state index contributed by atoms with van der Waals surface area (Å²) in [7, 11) is 0. The number of aromatic nitrogens is 3. The van der Waals surface area contributed by atoms with Gasteiger partial charge in [-0.25, -0.2) is 14.8 Å². The van der Waals surface area contributed by atoms with Crippen LogP contribution in [0, 0.1) is 0 Å². The Morgan fingerprint density at radius 2 is 2.12 bits per heavy atom. The Labute approximate surface area is 85.9 Å². The van der Waals surface area contributed by atoms with Crippen LogP contribution < -0.4 is 0 Å². The number of fused-ring (bicyclic) bond motifs is 1. The fourth-order valence-electron chi connectivity index (χ4n) is 1.19. The lowest BCUT2D eigenvalue weighted by molar-refractivity contribution is -0.141. The summed E-state index contributed by atoms with van der Waals surface area (Å²) in [4.78, 5) is 19.8. The van der Waals surface area contributed by atoms with Crippen molar-refractivity contribution < 1.29 is 23.1 Å². The summed E-state index contributed by atoms with van der Waals surface area (Å²) in [6, 6.07) is 0. The Bertz CT molecular complexity index is 561. The molecule has 0 aliphatic carbocycles. The molecule has 0 unspecified atom stereocenters. The highest BCUT2D eigenvalue weighted by Gasteiger charge is 2.33. The van der Waals surface area contributed by atoms with Gasteiger partial charge in [0.1, 0.15) is 11.1 Å². The third kappa shape index (κ3) is 1.58. The van der Waals surface area contributed by atoms with Crippen LogP contribution in [0.4, 0.5) is 13.2 Å². The van der Waals surface area contributed by atoms with Crippen molar-refractivity contribution in [2.75, 3.05) is 0 Å². The summed E-state index contributed by atoms with van der Waals surface area (Å²) < 4.78 is 36.9. The molecular weight excluding hydrogens is 227 g/mol. The number of alkyl halides is 3. The van der Waals surface area contributed by atoms with E-state index in [0.29, 0.717) is 6.20 Å². The molecule has 0 saturated heterocycles. The lowest BCUT2D eigenvalue weighted by Gasteiger charge is -2.04. The highest BCUT2D eigenvalue weighted by molar-refractivity contribution is 6.00. The number of carbonyl (C=O) groups is 1. The minimum atomic E-state index is -4.64. The Kier molecular flexibility index (Phi) is 2.07. The molecule has 0 atom stereocenters. The van der Waals surface area contributed by atoms with Crippen molar-refractivity contribution in [2.45, 2.75) is 6.18 Å².